The summed E-state index contributed by atoms with van der Waals surface area (Å²) in [6.07, 6.45) is 0. The molecule has 23 heavy (non-hydrogen) atoms. The maximum atomic E-state index is 11.9. The SMILES string of the molecule is Cc1cc(N2CCOCC2)nc(CNC(=O)Nc2cccs2)n1. The number of aryl methyl sites for hydroxylation is 1. The number of morpholine rings is 1. The lowest BCUT2D eigenvalue weighted by Gasteiger charge is -2.28. The molecule has 0 aliphatic carbocycles. The second-order valence-corrected chi connectivity index (χ2v) is 6.12. The Balaban J connectivity index is 1.60. The number of ether oxygens (including phenoxy) is 1. The molecule has 8 heteroatoms. The van der Waals surface area contributed by atoms with Gasteiger partial charge in [-0.3, -0.25) is 5.32 Å². The molecule has 122 valence electrons. The Labute approximate surface area is 138 Å². The van der Waals surface area contributed by atoms with Crippen LogP contribution in [0.25, 0.3) is 0 Å². The number of urea groups is 1. The summed E-state index contributed by atoms with van der Waals surface area (Å²) in [4.78, 5) is 23.0. The molecule has 3 heterocycles. The highest BCUT2D eigenvalue weighted by Crippen LogP contribution is 2.15. The lowest BCUT2D eigenvalue weighted by atomic mass is 10.3. The van der Waals surface area contributed by atoms with Crippen molar-refractivity contribution in [3.05, 3.63) is 35.1 Å². The average molecular weight is 333 g/mol. The Morgan fingerprint density at radius 2 is 2.22 bits per heavy atom. The van der Waals surface area contributed by atoms with Crippen molar-refractivity contribution >= 4 is 28.2 Å². The number of carbonyl (C=O) groups excluding carboxylic acids is 1. The average Bonchev–Trinajstić information content (AvgIpc) is 3.06. The van der Waals surface area contributed by atoms with Gasteiger partial charge in [0.25, 0.3) is 0 Å². The van der Waals surface area contributed by atoms with Gasteiger partial charge in [-0.1, -0.05) is 0 Å². The van der Waals surface area contributed by atoms with Gasteiger partial charge < -0.3 is 15.0 Å². The van der Waals surface area contributed by atoms with Crippen molar-refractivity contribution in [2.45, 2.75) is 13.5 Å². The van der Waals surface area contributed by atoms with Crippen molar-refractivity contribution in [3.8, 4) is 0 Å². The first-order chi connectivity index (χ1) is 11.2. The van der Waals surface area contributed by atoms with Crippen molar-refractivity contribution in [2.75, 3.05) is 36.5 Å². The van der Waals surface area contributed by atoms with Gasteiger partial charge in [0.05, 0.1) is 24.8 Å². The molecule has 2 N–H and O–H groups in total. The Hall–Kier alpha value is -2.19. The third-order valence-electron chi connectivity index (χ3n) is 3.39. The van der Waals surface area contributed by atoms with Gasteiger partial charge in [0.15, 0.2) is 0 Å². The molecule has 0 unspecified atom stereocenters. The molecule has 1 saturated heterocycles. The highest BCUT2D eigenvalue weighted by atomic mass is 32.1. The number of hydrogen-bond donors (Lipinski definition) is 2. The summed E-state index contributed by atoms with van der Waals surface area (Å²) < 4.78 is 5.36. The van der Waals surface area contributed by atoms with Crippen molar-refractivity contribution in [3.63, 3.8) is 0 Å². The van der Waals surface area contributed by atoms with E-state index in [9.17, 15) is 4.79 Å². The molecule has 7 nitrogen and oxygen atoms in total. The summed E-state index contributed by atoms with van der Waals surface area (Å²) in [5.74, 6) is 1.49. The Morgan fingerprint density at radius 3 is 2.96 bits per heavy atom. The first kappa shape index (κ1) is 15.7. The summed E-state index contributed by atoms with van der Waals surface area (Å²) in [5, 5.41) is 8.27. The number of thiophene rings is 1. The lowest BCUT2D eigenvalue weighted by Crippen LogP contribution is -2.37. The van der Waals surface area contributed by atoms with Crippen LogP contribution in [0.5, 0.6) is 0 Å². The summed E-state index contributed by atoms with van der Waals surface area (Å²) in [7, 11) is 0. The van der Waals surface area contributed by atoms with Gasteiger partial charge >= 0.3 is 6.03 Å². The largest absolute Gasteiger partial charge is 0.378 e. The van der Waals surface area contributed by atoms with Crippen LogP contribution in [0.4, 0.5) is 15.6 Å². The number of nitrogens with one attached hydrogen (secondary N) is 2. The molecule has 0 saturated carbocycles. The molecule has 1 aliphatic heterocycles. The van der Waals surface area contributed by atoms with Crippen LogP contribution >= 0.6 is 11.3 Å². The van der Waals surface area contributed by atoms with Gasteiger partial charge in [-0.25, -0.2) is 14.8 Å². The zero-order valence-corrected chi connectivity index (χ0v) is 13.7. The van der Waals surface area contributed by atoms with E-state index in [1.165, 1.54) is 11.3 Å². The molecule has 0 bridgehead atoms. The zero-order chi connectivity index (χ0) is 16.1. The third kappa shape index (κ3) is 4.40. The third-order valence-corrected chi connectivity index (χ3v) is 4.17. The summed E-state index contributed by atoms with van der Waals surface area (Å²) >= 11 is 1.47. The molecule has 2 aromatic heterocycles. The molecule has 0 atom stereocenters. The molecule has 2 aromatic rings. The number of carbonyl (C=O) groups is 1. The lowest BCUT2D eigenvalue weighted by molar-refractivity contribution is 0.122. The maximum Gasteiger partial charge on any atom is 0.320 e. The Bertz CT molecular complexity index is 656. The second-order valence-electron chi connectivity index (χ2n) is 5.17. The molecule has 0 aromatic carbocycles. The van der Waals surface area contributed by atoms with Crippen molar-refractivity contribution < 1.29 is 9.53 Å². The summed E-state index contributed by atoms with van der Waals surface area (Å²) in [5.41, 5.74) is 0.886. The van der Waals surface area contributed by atoms with Gasteiger partial charge in [-0.2, -0.15) is 0 Å². The quantitative estimate of drug-likeness (QED) is 0.895. The van der Waals surface area contributed by atoms with E-state index >= 15 is 0 Å². The van der Waals surface area contributed by atoms with E-state index in [2.05, 4.69) is 25.5 Å². The maximum absolute atomic E-state index is 11.9. The summed E-state index contributed by atoms with van der Waals surface area (Å²) in [6, 6.07) is 5.44. The van der Waals surface area contributed by atoms with Crippen LogP contribution in [0.2, 0.25) is 0 Å². The predicted molar refractivity (Wildman–Crippen MR) is 90.0 cm³/mol. The van der Waals surface area contributed by atoms with Gasteiger partial charge in [0, 0.05) is 24.8 Å². The van der Waals surface area contributed by atoms with Gasteiger partial charge in [-0.15, -0.1) is 11.3 Å². The fourth-order valence-electron chi connectivity index (χ4n) is 2.31. The van der Waals surface area contributed by atoms with Crippen LogP contribution < -0.4 is 15.5 Å². The minimum Gasteiger partial charge on any atom is -0.378 e. The number of nitrogens with zero attached hydrogens (tertiary/aromatic N) is 3. The number of rotatable bonds is 4. The highest BCUT2D eigenvalue weighted by Gasteiger charge is 2.14. The van der Waals surface area contributed by atoms with E-state index in [-0.39, 0.29) is 12.6 Å². The predicted octanol–water partition coefficient (Wildman–Crippen LogP) is 2.00. The van der Waals surface area contributed by atoms with Crippen LogP contribution in [-0.2, 0) is 11.3 Å². The highest BCUT2D eigenvalue weighted by molar-refractivity contribution is 7.14. The van der Waals surface area contributed by atoms with Crippen LogP contribution in [0.3, 0.4) is 0 Å². The van der Waals surface area contributed by atoms with Crippen LogP contribution in [0.15, 0.2) is 23.6 Å². The van der Waals surface area contributed by atoms with E-state index < -0.39 is 0 Å². The monoisotopic (exact) mass is 333 g/mol. The van der Waals surface area contributed by atoms with Crippen LogP contribution in [0.1, 0.15) is 11.5 Å². The normalized spacial score (nSPS) is 14.6. The number of amides is 2. The van der Waals surface area contributed by atoms with Gasteiger partial charge in [0.1, 0.15) is 11.6 Å². The van der Waals surface area contributed by atoms with E-state index in [0.29, 0.717) is 19.0 Å². The fraction of sp³-hybridized carbons (Fsp3) is 0.400. The van der Waals surface area contributed by atoms with Gasteiger partial charge in [0.2, 0.25) is 0 Å². The number of anilines is 2. The van der Waals surface area contributed by atoms with E-state index in [0.717, 1.165) is 29.6 Å². The van der Waals surface area contributed by atoms with E-state index in [1.54, 1.807) is 0 Å². The molecule has 0 spiro atoms. The Morgan fingerprint density at radius 1 is 1.39 bits per heavy atom. The van der Waals surface area contributed by atoms with E-state index in [4.69, 9.17) is 4.74 Å². The minimum absolute atomic E-state index is 0.259. The molecule has 0 radical (unpaired) electrons. The molecular formula is C15H19N5O2S. The fourth-order valence-corrected chi connectivity index (χ4v) is 2.92. The van der Waals surface area contributed by atoms with Crippen molar-refractivity contribution in [1.29, 1.82) is 0 Å². The first-order valence-electron chi connectivity index (χ1n) is 7.46. The molecular weight excluding hydrogens is 314 g/mol. The first-order valence-corrected chi connectivity index (χ1v) is 8.34. The van der Waals surface area contributed by atoms with Crippen molar-refractivity contribution in [2.24, 2.45) is 0 Å². The topological polar surface area (TPSA) is 79.4 Å². The minimum atomic E-state index is -0.259. The van der Waals surface area contributed by atoms with Crippen LogP contribution in [0, 0.1) is 6.92 Å². The second kappa shape index (κ2) is 7.38. The van der Waals surface area contributed by atoms with Gasteiger partial charge in [-0.05, 0) is 24.4 Å². The Kier molecular flexibility index (Phi) is 5.04. The molecule has 1 fully saturated rings. The molecule has 2 amide bonds. The van der Waals surface area contributed by atoms with E-state index in [1.807, 2.05) is 30.5 Å². The molecule has 1 aliphatic rings. The number of hydrogen-bond acceptors (Lipinski definition) is 6. The summed E-state index contributed by atoms with van der Waals surface area (Å²) in [6.45, 7) is 5.28. The zero-order valence-electron chi connectivity index (χ0n) is 12.9. The molecule has 3 rings (SSSR count). The standard InChI is InChI=1S/C15H19N5O2S/c1-11-9-13(20-4-6-22-7-5-20)18-12(17-11)10-16-15(21)19-14-3-2-8-23-14/h2-3,8-9H,4-7,10H2,1H3,(H2,16,19,21). The van der Waals surface area contributed by atoms with Crippen LogP contribution in [-0.4, -0.2) is 42.3 Å². The number of aromatic nitrogens is 2. The van der Waals surface area contributed by atoms with Crippen molar-refractivity contribution in [1.82, 2.24) is 15.3 Å². The smallest absolute Gasteiger partial charge is 0.320 e.